The van der Waals surface area contributed by atoms with Gasteiger partial charge in [0, 0.05) is 11.8 Å². The van der Waals surface area contributed by atoms with Gasteiger partial charge >= 0.3 is 5.97 Å². The first-order valence-electron chi connectivity index (χ1n) is 6.11. The Hall–Kier alpha value is -2.56. The highest BCUT2D eigenvalue weighted by atomic mass is 16.5. The van der Waals surface area contributed by atoms with Crippen LogP contribution >= 0.6 is 0 Å². The van der Waals surface area contributed by atoms with Gasteiger partial charge in [-0.05, 0) is 18.2 Å². The van der Waals surface area contributed by atoms with Crippen molar-refractivity contribution in [2.75, 3.05) is 13.7 Å². The molecule has 1 aromatic carbocycles. The molecule has 5 nitrogen and oxygen atoms in total. The largest absolute Gasteiger partial charge is 0.496 e. The molecule has 1 unspecified atom stereocenters. The Morgan fingerprint density at radius 2 is 2.10 bits per heavy atom. The van der Waals surface area contributed by atoms with Gasteiger partial charge in [-0.15, -0.1) is 0 Å². The maximum atomic E-state index is 11.4. The zero-order valence-electron chi connectivity index (χ0n) is 11.0. The zero-order chi connectivity index (χ0) is 14.4. The number of benzene rings is 1. The summed E-state index contributed by atoms with van der Waals surface area (Å²) in [4.78, 5) is 15.4. The Balaban J connectivity index is 2.17. The highest BCUT2D eigenvalue weighted by molar-refractivity contribution is 5.77. The normalized spacial score (nSPS) is 11.7. The van der Waals surface area contributed by atoms with Crippen molar-refractivity contribution in [1.82, 2.24) is 4.98 Å². The third-order valence-electron chi connectivity index (χ3n) is 2.86. The second-order valence-electron chi connectivity index (χ2n) is 4.13. The Labute approximate surface area is 116 Å². The van der Waals surface area contributed by atoms with Crippen LogP contribution in [-0.4, -0.2) is 29.8 Å². The van der Waals surface area contributed by atoms with E-state index in [-0.39, 0.29) is 6.61 Å². The lowest BCUT2D eigenvalue weighted by molar-refractivity contribution is -0.139. The molecule has 1 heterocycles. The lowest BCUT2D eigenvalue weighted by Gasteiger charge is -2.16. The molecule has 5 heteroatoms. The van der Waals surface area contributed by atoms with Gasteiger partial charge in [0.25, 0.3) is 0 Å². The molecule has 104 valence electrons. The summed E-state index contributed by atoms with van der Waals surface area (Å²) in [6.45, 7) is 0.0153. The van der Waals surface area contributed by atoms with Crippen LogP contribution < -0.4 is 9.47 Å². The number of nitrogens with zero attached hydrogens (tertiary/aromatic N) is 1. The lowest BCUT2D eigenvalue weighted by atomic mass is 9.99. The molecule has 0 aliphatic heterocycles. The summed E-state index contributed by atoms with van der Waals surface area (Å²) in [5.74, 6) is -0.687. The summed E-state index contributed by atoms with van der Waals surface area (Å²) in [5.41, 5.74) is 0.589. The predicted molar refractivity (Wildman–Crippen MR) is 73.1 cm³/mol. The Morgan fingerprint density at radius 1 is 1.30 bits per heavy atom. The maximum Gasteiger partial charge on any atom is 0.314 e. The van der Waals surface area contributed by atoms with Crippen LogP contribution in [0.1, 0.15) is 11.5 Å². The minimum Gasteiger partial charge on any atom is -0.496 e. The van der Waals surface area contributed by atoms with Gasteiger partial charge in [-0.1, -0.05) is 18.2 Å². The zero-order valence-corrected chi connectivity index (χ0v) is 11.0. The summed E-state index contributed by atoms with van der Waals surface area (Å²) in [6, 6.07) is 10.5. The van der Waals surface area contributed by atoms with Crippen molar-refractivity contribution in [1.29, 1.82) is 0 Å². The summed E-state index contributed by atoms with van der Waals surface area (Å²) in [5, 5.41) is 9.37. The number of methoxy groups -OCH3 is 1. The first-order valence-corrected chi connectivity index (χ1v) is 6.11. The quantitative estimate of drug-likeness (QED) is 0.874. The number of para-hydroxylation sites is 1. The molecular weight excluding hydrogens is 258 g/mol. The van der Waals surface area contributed by atoms with E-state index in [0.29, 0.717) is 17.1 Å². The molecule has 2 aromatic rings. The topological polar surface area (TPSA) is 68.7 Å². The number of ether oxygens (including phenoxy) is 2. The van der Waals surface area contributed by atoms with E-state index >= 15 is 0 Å². The minimum atomic E-state index is -0.960. The first-order chi connectivity index (χ1) is 9.72. The Morgan fingerprint density at radius 3 is 2.75 bits per heavy atom. The molecule has 0 fully saturated rings. The van der Waals surface area contributed by atoms with Crippen molar-refractivity contribution in [2.45, 2.75) is 5.92 Å². The summed E-state index contributed by atoms with van der Waals surface area (Å²) >= 11 is 0. The number of hydrogen-bond donors (Lipinski definition) is 1. The molecule has 0 bridgehead atoms. The van der Waals surface area contributed by atoms with Gasteiger partial charge in [-0.2, -0.15) is 0 Å². The third-order valence-corrected chi connectivity index (χ3v) is 2.86. The van der Waals surface area contributed by atoms with Crippen LogP contribution in [0.2, 0.25) is 0 Å². The second kappa shape index (κ2) is 6.56. The Bertz CT molecular complexity index is 571. The molecule has 0 spiro atoms. The molecular formula is C15H15NO4. The van der Waals surface area contributed by atoms with E-state index in [1.165, 1.54) is 7.11 Å². The molecule has 0 radical (unpaired) electrons. The fraction of sp³-hybridized carbons (Fsp3) is 0.200. The molecule has 2 rings (SSSR count). The number of carbonyl (C=O) groups is 1. The van der Waals surface area contributed by atoms with Crippen LogP contribution in [0.25, 0.3) is 0 Å². The number of hydrogen-bond acceptors (Lipinski definition) is 4. The molecule has 0 aliphatic rings. The SMILES string of the molecule is COc1ccccc1C(COc1cccnc1)C(=O)O. The number of aromatic nitrogens is 1. The van der Waals surface area contributed by atoms with E-state index in [1.807, 2.05) is 0 Å². The van der Waals surface area contributed by atoms with Crippen molar-refractivity contribution in [2.24, 2.45) is 0 Å². The first kappa shape index (κ1) is 13.9. The van der Waals surface area contributed by atoms with Gasteiger partial charge in [-0.25, -0.2) is 0 Å². The van der Waals surface area contributed by atoms with Gasteiger partial charge in [0.05, 0.1) is 13.3 Å². The molecule has 1 N–H and O–H groups in total. The van der Waals surface area contributed by atoms with Crippen LogP contribution in [0.5, 0.6) is 11.5 Å². The Kier molecular flexibility index (Phi) is 4.55. The van der Waals surface area contributed by atoms with E-state index < -0.39 is 11.9 Å². The summed E-state index contributed by atoms with van der Waals surface area (Å²) in [7, 11) is 1.51. The van der Waals surface area contributed by atoms with Crippen LogP contribution in [0.15, 0.2) is 48.8 Å². The molecule has 1 aromatic heterocycles. The third kappa shape index (κ3) is 3.26. The fourth-order valence-corrected chi connectivity index (χ4v) is 1.86. The number of aliphatic carboxylic acids is 1. The number of pyridine rings is 1. The van der Waals surface area contributed by atoms with Gasteiger partial charge in [-0.3, -0.25) is 9.78 Å². The number of carboxylic acid groups (broad SMARTS) is 1. The van der Waals surface area contributed by atoms with Crippen molar-refractivity contribution < 1.29 is 19.4 Å². The van der Waals surface area contributed by atoms with Crippen molar-refractivity contribution in [3.63, 3.8) is 0 Å². The highest BCUT2D eigenvalue weighted by Crippen LogP contribution is 2.27. The van der Waals surface area contributed by atoms with E-state index in [0.717, 1.165) is 0 Å². The monoisotopic (exact) mass is 273 g/mol. The standard InChI is InChI=1S/C15H15NO4/c1-19-14-7-3-2-6-12(14)13(15(17)18)10-20-11-5-4-8-16-9-11/h2-9,13H,10H2,1H3,(H,17,18). The van der Waals surface area contributed by atoms with Crippen LogP contribution in [0.3, 0.4) is 0 Å². The summed E-state index contributed by atoms with van der Waals surface area (Å²) < 4.78 is 10.7. The van der Waals surface area contributed by atoms with E-state index in [4.69, 9.17) is 9.47 Å². The van der Waals surface area contributed by atoms with Crippen molar-refractivity contribution >= 4 is 5.97 Å². The summed E-state index contributed by atoms with van der Waals surface area (Å²) in [6.07, 6.45) is 3.17. The van der Waals surface area contributed by atoms with E-state index in [1.54, 1.807) is 48.8 Å². The predicted octanol–water partition coefficient (Wildman–Crippen LogP) is 2.34. The van der Waals surface area contributed by atoms with Gasteiger partial charge < -0.3 is 14.6 Å². The van der Waals surface area contributed by atoms with E-state index in [2.05, 4.69) is 4.98 Å². The molecule has 0 saturated carbocycles. The van der Waals surface area contributed by atoms with Crippen LogP contribution in [0.4, 0.5) is 0 Å². The maximum absolute atomic E-state index is 11.4. The van der Waals surface area contributed by atoms with Crippen LogP contribution in [-0.2, 0) is 4.79 Å². The average Bonchev–Trinajstić information content (AvgIpc) is 2.48. The van der Waals surface area contributed by atoms with Crippen LogP contribution in [0, 0.1) is 0 Å². The molecule has 20 heavy (non-hydrogen) atoms. The second-order valence-corrected chi connectivity index (χ2v) is 4.13. The highest BCUT2D eigenvalue weighted by Gasteiger charge is 2.24. The molecule has 1 atom stereocenters. The van der Waals surface area contributed by atoms with Crippen molar-refractivity contribution in [3.8, 4) is 11.5 Å². The number of carboxylic acids is 1. The van der Waals surface area contributed by atoms with Crippen molar-refractivity contribution in [3.05, 3.63) is 54.4 Å². The average molecular weight is 273 g/mol. The van der Waals surface area contributed by atoms with E-state index in [9.17, 15) is 9.90 Å². The molecule has 0 amide bonds. The molecule has 0 aliphatic carbocycles. The number of rotatable bonds is 6. The fourth-order valence-electron chi connectivity index (χ4n) is 1.86. The molecule has 0 saturated heterocycles. The minimum absolute atomic E-state index is 0.0153. The smallest absolute Gasteiger partial charge is 0.314 e. The van der Waals surface area contributed by atoms with Gasteiger partial charge in [0.2, 0.25) is 0 Å². The van der Waals surface area contributed by atoms with Gasteiger partial charge in [0.1, 0.15) is 24.0 Å². The van der Waals surface area contributed by atoms with Gasteiger partial charge in [0.15, 0.2) is 0 Å². The lowest BCUT2D eigenvalue weighted by Crippen LogP contribution is -2.20.